The smallest absolute Gasteiger partial charge is 0.122 e. The number of rotatable bonds is 7. The average Bonchev–Trinajstić information content (AvgIpc) is 3.06. The zero-order valence-electron chi connectivity index (χ0n) is 13.7. The summed E-state index contributed by atoms with van der Waals surface area (Å²) in [6.45, 7) is 1.23. The number of ether oxygens (including phenoxy) is 1. The van der Waals surface area contributed by atoms with Crippen LogP contribution in [0.1, 0.15) is 17.9 Å². The first-order chi connectivity index (χ1) is 12.5. The van der Waals surface area contributed by atoms with Crippen LogP contribution in [0.4, 0.5) is 0 Å². The Morgan fingerprint density at radius 2 is 1.73 bits per heavy atom. The van der Waals surface area contributed by atoms with Crippen molar-refractivity contribution < 1.29 is 4.74 Å². The largest absolute Gasteiger partial charge is 0.493 e. The molecule has 3 aromatic rings. The van der Waals surface area contributed by atoms with E-state index in [2.05, 4.69) is 4.98 Å². The molecule has 7 heteroatoms. The zero-order chi connectivity index (χ0) is 18.5. The fourth-order valence-electron chi connectivity index (χ4n) is 2.76. The molecule has 2 aromatic carbocycles. The molecule has 0 saturated carbocycles. The fourth-order valence-corrected chi connectivity index (χ4v) is 3.83. The number of nitrogens with zero attached hydrogens (tertiary/aromatic N) is 2. The normalized spacial score (nSPS) is 12.2. The lowest BCUT2D eigenvalue weighted by Crippen LogP contribution is -2.12. The van der Waals surface area contributed by atoms with E-state index in [0.717, 1.165) is 18.5 Å². The molecule has 0 amide bonds. The maximum absolute atomic E-state index is 6.42. The van der Waals surface area contributed by atoms with Crippen molar-refractivity contribution in [2.75, 3.05) is 6.61 Å². The Balaban J connectivity index is 1.73. The Labute approximate surface area is 172 Å². The van der Waals surface area contributed by atoms with E-state index in [1.165, 1.54) is 0 Å². The molecule has 0 fully saturated rings. The van der Waals surface area contributed by atoms with Crippen LogP contribution in [0, 0.1) is 0 Å². The summed E-state index contributed by atoms with van der Waals surface area (Å²) in [6, 6.07) is 10.7. The van der Waals surface area contributed by atoms with Gasteiger partial charge in [0.1, 0.15) is 5.75 Å². The van der Waals surface area contributed by atoms with Crippen LogP contribution in [0.25, 0.3) is 0 Å². The van der Waals surface area contributed by atoms with Gasteiger partial charge in [0.05, 0.1) is 12.9 Å². The Hall–Kier alpha value is -1.39. The van der Waals surface area contributed by atoms with Gasteiger partial charge < -0.3 is 9.30 Å². The average molecular weight is 430 g/mol. The Bertz CT molecular complexity index is 848. The molecular formula is C19H16Cl4N2O. The van der Waals surface area contributed by atoms with Gasteiger partial charge in [-0.25, -0.2) is 4.98 Å². The molecule has 0 N–H and O–H groups in total. The van der Waals surface area contributed by atoms with Crippen molar-refractivity contribution in [3.05, 3.63) is 80.8 Å². The molecule has 1 unspecified atom stereocenters. The number of benzene rings is 2. The highest BCUT2D eigenvalue weighted by atomic mass is 35.5. The Kier molecular flexibility index (Phi) is 6.71. The van der Waals surface area contributed by atoms with Gasteiger partial charge in [-0.05, 0) is 42.3 Å². The van der Waals surface area contributed by atoms with E-state index in [0.29, 0.717) is 32.4 Å². The lowest BCUT2D eigenvalue weighted by atomic mass is 9.95. The summed E-state index contributed by atoms with van der Waals surface area (Å²) in [5.41, 5.74) is 1.03. The van der Waals surface area contributed by atoms with Gasteiger partial charge in [-0.3, -0.25) is 0 Å². The first-order valence-electron chi connectivity index (χ1n) is 8.01. The van der Waals surface area contributed by atoms with Gasteiger partial charge in [-0.1, -0.05) is 52.5 Å². The van der Waals surface area contributed by atoms with Gasteiger partial charge >= 0.3 is 0 Å². The summed E-state index contributed by atoms with van der Waals surface area (Å²) < 4.78 is 7.86. The van der Waals surface area contributed by atoms with E-state index in [4.69, 9.17) is 51.1 Å². The van der Waals surface area contributed by atoms with E-state index in [9.17, 15) is 0 Å². The summed E-state index contributed by atoms with van der Waals surface area (Å²) in [7, 11) is 0. The molecule has 0 aliphatic heterocycles. The second-order valence-electron chi connectivity index (χ2n) is 5.86. The van der Waals surface area contributed by atoms with E-state index >= 15 is 0 Å². The molecular weight excluding hydrogens is 414 g/mol. The van der Waals surface area contributed by atoms with Crippen LogP contribution in [0.5, 0.6) is 5.75 Å². The molecule has 1 aromatic heterocycles. The molecule has 0 aliphatic carbocycles. The minimum atomic E-state index is 0.142. The summed E-state index contributed by atoms with van der Waals surface area (Å²) in [6.07, 6.45) is 6.22. The minimum Gasteiger partial charge on any atom is -0.493 e. The van der Waals surface area contributed by atoms with Crippen LogP contribution < -0.4 is 4.74 Å². The zero-order valence-corrected chi connectivity index (χ0v) is 16.7. The van der Waals surface area contributed by atoms with Crippen LogP contribution in [0.2, 0.25) is 20.1 Å². The molecule has 3 rings (SSSR count). The molecule has 0 aliphatic rings. The number of aromatic nitrogens is 2. The third-order valence-electron chi connectivity index (χ3n) is 3.96. The molecule has 26 heavy (non-hydrogen) atoms. The lowest BCUT2D eigenvalue weighted by Gasteiger charge is -2.20. The Morgan fingerprint density at radius 3 is 2.38 bits per heavy atom. The van der Waals surface area contributed by atoms with Crippen LogP contribution in [0.15, 0.2) is 55.1 Å². The van der Waals surface area contributed by atoms with Crippen molar-refractivity contribution in [1.29, 1.82) is 0 Å². The molecule has 0 saturated heterocycles. The molecule has 136 valence electrons. The van der Waals surface area contributed by atoms with E-state index in [1.54, 1.807) is 36.8 Å². The Morgan fingerprint density at radius 1 is 0.962 bits per heavy atom. The van der Waals surface area contributed by atoms with E-state index in [1.807, 2.05) is 22.9 Å². The molecule has 1 heterocycles. The molecule has 0 radical (unpaired) electrons. The van der Waals surface area contributed by atoms with Crippen molar-refractivity contribution >= 4 is 46.4 Å². The van der Waals surface area contributed by atoms with Gasteiger partial charge in [0.25, 0.3) is 0 Å². The predicted octanol–water partition coefficient (Wildman–Crippen LogP) is 6.75. The standard InChI is InChI=1S/C19H16Cl4N2O/c20-14-1-2-18(19(23)10-14)13(11-25-5-4-24-12-25)3-6-26-17-8-15(21)7-16(22)9-17/h1-2,4-5,7-10,12-13H,3,6,11H2. The van der Waals surface area contributed by atoms with Gasteiger partial charge in [-0.15, -0.1) is 0 Å². The maximum atomic E-state index is 6.42. The van der Waals surface area contributed by atoms with Crippen LogP contribution >= 0.6 is 46.4 Å². The van der Waals surface area contributed by atoms with Crippen molar-refractivity contribution in [3.8, 4) is 5.75 Å². The SMILES string of the molecule is Clc1cc(Cl)cc(OCCC(Cn2ccnc2)c2ccc(Cl)cc2Cl)c1. The van der Waals surface area contributed by atoms with Crippen molar-refractivity contribution in [3.63, 3.8) is 0 Å². The van der Waals surface area contributed by atoms with Gasteiger partial charge in [0, 0.05) is 44.9 Å². The van der Waals surface area contributed by atoms with Crippen molar-refractivity contribution in [2.45, 2.75) is 18.9 Å². The number of hydrogen-bond donors (Lipinski definition) is 0. The summed E-state index contributed by atoms with van der Waals surface area (Å²) in [5.74, 6) is 0.787. The van der Waals surface area contributed by atoms with Gasteiger partial charge in [-0.2, -0.15) is 0 Å². The third-order valence-corrected chi connectivity index (χ3v) is 4.96. The van der Waals surface area contributed by atoms with Crippen LogP contribution in [-0.2, 0) is 6.54 Å². The number of hydrogen-bond acceptors (Lipinski definition) is 2. The van der Waals surface area contributed by atoms with E-state index < -0.39 is 0 Å². The lowest BCUT2D eigenvalue weighted by molar-refractivity contribution is 0.291. The second-order valence-corrected chi connectivity index (χ2v) is 7.58. The van der Waals surface area contributed by atoms with Crippen LogP contribution in [-0.4, -0.2) is 16.2 Å². The highest BCUT2D eigenvalue weighted by molar-refractivity contribution is 6.35. The number of imidazole rings is 1. The fraction of sp³-hybridized carbons (Fsp3) is 0.211. The highest BCUT2D eigenvalue weighted by Gasteiger charge is 2.16. The number of halogens is 4. The first-order valence-corrected chi connectivity index (χ1v) is 9.52. The van der Waals surface area contributed by atoms with Crippen molar-refractivity contribution in [2.24, 2.45) is 0 Å². The first kappa shape index (κ1) is 19.4. The monoisotopic (exact) mass is 428 g/mol. The summed E-state index contributed by atoms with van der Waals surface area (Å²) in [5, 5.41) is 2.35. The third kappa shape index (κ3) is 5.31. The van der Waals surface area contributed by atoms with Gasteiger partial charge in [0.15, 0.2) is 0 Å². The molecule has 3 nitrogen and oxygen atoms in total. The maximum Gasteiger partial charge on any atom is 0.122 e. The molecule has 1 atom stereocenters. The second kappa shape index (κ2) is 9.01. The van der Waals surface area contributed by atoms with Crippen molar-refractivity contribution in [1.82, 2.24) is 9.55 Å². The van der Waals surface area contributed by atoms with E-state index in [-0.39, 0.29) is 5.92 Å². The summed E-state index contributed by atoms with van der Waals surface area (Å²) in [4.78, 5) is 4.10. The minimum absolute atomic E-state index is 0.142. The molecule has 0 bridgehead atoms. The molecule has 0 spiro atoms. The van der Waals surface area contributed by atoms with Crippen LogP contribution in [0.3, 0.4) is 0 Å². The highest BCUT2D eigenvalue weighted by Crippen LogP contribution is 2.31. The quantitative estimate of drug-likeness (QED) is 0.415. The summed E-state index contributed by atoms with van der Waals surface area (Å²) >= 11 is 24.5. The predicted molar refractivity (Wildman–Crippen MR) is 108 cm³/mol. The topological polar surface area (TPSA) is 27.1 Å². The van der Waals surface area contributed by atoms with Gasteiger partial charge in [0.2, 0.25) is 0 Å².